The van der Waals surface area contributed by atoms with Gasteiger partial charge in [-0.25, -0.2) is 0 Å². The summed E-state index contributed by atoms with van der Waals surface area (Å²) in [4.78, 5) is 0. The van der Waals surface area contributed by atoms with Gasteiger partial charge in [0.15, 0.2) is 0 Å². The average Bonchev–Trinajstić information content (AvgIpc) is 3.20. The summed E-state index contributed by atoms with van der Waals surface area (Å²) < 4.78 is 156. The van der Waals surface area contributed by atoms with Crippen molar-refractivity contribution in [3.63, 3.8) is 0 Å². The van der Waals surface area contributed by atoms with E-state index in [1.54, 1.807) is 0 Å². The van der Waals surface area contributed by atoms with Crippen molar-refractivity contribution in [1.29, 1.82) is 0 Å². The molecule has 0 N–H and O–H groups in total. The Morgan fingerprint density at radius 1 is 0.339 bits per heavy atom. The summed E-state index contributed by atoms with van der Waals surface area (Å²) in [6.07, 6.45) is 0. The van der Waals surface area contributed by atoms with E-state index in [1.807, 2.05) is 0 Å². The van der Waals surface area contributed by atoms with Gasteiger partial charge in [-0.1, -0.05) is 0 Å². The Hall–Kier alpha value is -4.68. The Kier molecular flexibility index (Phi) is 10.7. The summed E-state index contributed by atoms with van der Waals surface area (Å²) >= 11 is 0. The maximum absolute atomic E-state index is 14.8. The van der Waals surface area contributed by atoms with Crippen LogP contribution in [-0.4, -0.2) is 27.9 Å². The molecule has 6 aromatic rings. The van der Waals surface area contributed by atoms with Crippen LogP contribution in [0.1, 0.15) is 0 Å². The van der Waals surface area contributed by atoms with Crippen molar-refractivity contribution < 1.29 is 51.1 Å². The molecule has 0 aliphatic heterocycles. The average molecular weight is 849 g/mol. The minimum atomic E-state index is -6.62. The van der Waals surface area contributed by atoms with Crippen LogP contribution in [0.5, 0.6) is 0 Å². The maximum atomic E-state index is 14.8. The van der Waals surface area contributed by atoms with Gasteiger partial charge in [-0.3, -0.25) is 0 Å². The van der Waals surface area contributed by atoms with Crippen LogP contribution >= 0.6 is 13.7 Å². The van der Waals surface area contributed by atoms with Crippen LogP contribution < -0.4 is 31.8 Å². The van der Waals surface area contributed by atoms with Gasteiger partial charge in [-0.05, 0) is 0 Å². The summed E-state index contributed by atoms with van der Waals surface area (Å²) in [5, 5.41) is -0.725. The molecule has 0 fully saturated rings. The summed E-state index contributed by atoms with van der Waals surface area (Å²) in [7, 11) is -13.2. The molecule has 0 amide bonds. The first kappa shape index (κ1) is 41.0. The molecule has 0 bridgehead atoms. The van der Waals surface area contributed by atoms with Gasteiger partial charge in [0.2, 0.25) is 0 Å². The Bertz CT molecular complexity index is 2170. The molecule has 0 spiro atoms. The molecule has 6 nitrogen and oxygen atoms in total. The van der Waals surface area contributed by atoms with Crippen molar-refractivity contribution in [1.82, 2.24) is 0 Å². The van der Waals surface area contributed by atoms with Gasteiger partial charge in [0.05, 0.1) is 0 Å². The summed E-state index contributed by atoms with van der Waals surface area (Å²) in [5.41, 5.74) is -12.0. The zero-order valence-electron chi connectivity index (χ0n) is 28.9. The van der Waals surface area contributed by atoms with E-state index in [-0.39, 0.29) is 31.8 Å². The third kappa shape index (κ3) is 6.58. The summed E-state index contributed by atoms with van der Waals surface area (Å²) in [6.45, 7) is -11.9. The van der Waals surface area contributed by atoms with Gasteiger partial charge in [-0.15, -0.1) is 0 Å². The van der Waals surface area contributed by atoms with Crippen LogP contribution in [0, 0.1) is 0 Å². The van der Waals surface area contributed by atoms with E-state index < -0.39 is 44.9 Å². The molecular formula is C40H32F6O6P2S2. The van der Waals surface area contributed by atoms with Gasteiger partial charge in [0, 0.05) is 0 Å². The number of halogens is 6. The second kappa shape index (κ2) is 14.7. The quantitative estimate of drug-likeness (QED) is 0.0704. The molecule has 16 heteroatoms. The molecule has 0 aliphatic rings. The van der Waals surface area contributed by atoms with Crippen molar-refractivity contribution in [2.45, 2.75) is 11.0 Å². The summed E-state index contributed by atoms with van der Waals surface area (Å²) in [6, 6.07) is 42.7. The SMILES string of the molecule is O=S(=O)(OP(/C=C/P(OS(=O)(=O)C(F)(F)F)(c1ccccc1)(c1ccccc1)c1ccccc1)(c1ccccc1)(c1ccccc1)c1ccccc1)C(F)(F)F. The predicted molar refractivity (Wildman–Crippen MR) is 212 cm³/mol. The standard InChI is InChI=1S/C40H32F6O6P2S2/c41-39(42,43)55(47,48)51-53(33-19-7-1-8-20-33,34-21-9-2-10-22-34,35-23-11-3-12-24-35)31-32-54(36-25-13-4-14-26-36,37-27-15-5-16-28-37,38-29-17-6-18-30-38)52-56(49,50)40(44,45)46/h1-32H/b32-31+. The van der Waals surface area contributed by atoms with Crippen LogP contribution in [0.25, 0.3) is 0 Å². The van der Waals surface area contributed by atoms with E-state index in [0.29, 0.717) is 0 Å². The second-order valence-electron chi connectivity index (χ2n) is 12.5. The molecule has 0 saturated heterocycles. The van der Waals surface area contributed by atoms with Gasteiger partial charge in [-0.2, -0.15) is 0 Å². The van der Waals surface area contributed by atoms with Gasteiger partial charge < -0.3 is 0 Å². The molecular weight excluding hydrogens is 817 g/mol. The predicted octanol–water partition coefficient (Wildman–Crippen LogP) is 8.08. The normalized spacial score (nSPS) is 14.7. The Labute approximate surface area is 320 Å². The molecule has 56 heavy (non-hydrogen) atoms. The van der Waals surface area contributed by atoms with Gasteiger partial charge in [0.25, 0.3) is 0 Å². The van der Waals surface area contributed by atoms with Crippen LogP contribution in [0.15, 0.2) is 194 Å². The zero-order valence-corrected chi connectivity index (χ0v) is 32.3. The van der Waals surface area contributed by atoms with Gasteiger partial charge in [0.1, 0.15) is 0 Å². The monoisotopic (exact) mass is 848 g/mol. The van der Waals surface area contributed by atoms with E-state index in [1.165, 1.54) is 182 Å². The molecule has 0 aromatic heterocycles. The number of rotatable bonds is 12. The number of hydrogen-bond acceptors (Lipinski definition) is 6. The Balaban J connectivity index is 2.00. The fraction of sp³-hybridized carbons (Fsp3) is 0.0500. The van der Waals surface area contributed by atoms with Crippen molar-refractivity contribution in [2.75, 3.05) is 0 Å². The molecule has 0 heterocycles. The third-order valence-corrected chi connectivity index (χ3v) is 24.1. The van der Waals surface area contributed by atoms with E-state index in [2.05, 4.69) is 0 Å². The van der Waals surface area contributed by atoms with Crippen LogP contribution in [0.4, 0.5) is 26.3 Å². The van der Waals surface area contributed by atoms with Crippen LogP contribution in [-0.2, 0) is 28.2 Å². The molecule has 0 radical (unpaired) electrons. The van der Waals surface area contributed by atoms with E-state index in [9.17, 15) is 43.2 Å². The molecule has 0 aliphatic carbocycles. The minimum absolute atomic E-state index is 0.121. The van der Waals surface area contributed by atoms with Crippen molar-refractivity contribution in [3.8, 4) is 0 Å². The van der Waals surface area contributed by atoms with E-state index >= 15 is 0 Å². The summed E-state index contributed by atoms with van der Waals surface area (Å²) in [5.74, 6) is 2.04. The topological polar surface area (TPSA) is 86.7 Å². The first-order chi connectivity index (χ1) is 26.4. The van der Waals surface area contributed by atoms with Crippen molar-refractivity contribution >= 4 is 65.7 Å². The van der Waals surface area contributed by atoms with E-state index in [0.717, 1.165) is 11.6 Å². The number of alkyl halides is 6. The first-order valence-electron chi connectivity index (χ1n) is 16.6. The molecule has 6 aromatic carbocycles. The molecule has 0 saturated carbocycles. The fourth-order valence-electron chi connectivity index (χ4n) is 6.81. The number of hydrogen-bond donors (Lipinski definition) is 0. The molecule has 0 atom stereocenters. The van der Waals surface area contributed by atoms with Crippen LogP contribution in [0.3, 0.4) is 0 Å². The van der Waals surface area contributed by atoms with Crippen molar-refractivity contribution in [3.05, 3.63) is 194 Å². The van der Waals surface area contributed by atoms with Crippen LogP contribution in [0.2, 0.25) is 0 Å². The van der Waals surface area contributed by atoms with Crippen molar-refractivity contribution in [2.24, 2.45) is 0 Å². The first-order valence-corrected chi connectivity index (χ1v) is 23.8. The van der Waals surface area contributed by atoms with E-state index in [4.69, 9.17) is 7.94 Å². The third-order valence-electron chi connectivity index (χ3n) is 9.32. The number of benzene rings is 6. The fourth-order valence-corrected chi connectivity index (χ4v) is 22.7. The Morgan fingerprint density at radius 2 is 0.500 bits per heavy atom. The molecule has 6 rings (SSSR count). The molecule has 292 valence electrons. The molecule has 0 unspecified atom stereocenters. The zero-order chi connectivity index (χ0) is 40.4. The van der Waals surface area contributed by atoms with Gasteiger partial charge >= 0.3 is 321 Å². The Morgan fingerprint density at radius 3 is 0.643 bits per heavy atom. The second-order valence-corrected chi connectivity index (χ2v) is 24.5.